The van der Waals surface area contributed by atoms with Gasteiger partial charge in [-0.05, 0) is 18.9 Å². The van der Waals surface area contributed by atoms with Crippen molar-refractivity contribution in [1.29, 1.82) is 0 Å². The maximum atomic E-state index is 14.4. The molecule has 0 amide bonds. The van der Waals surface area contributed by atoms with Gasteiger partial charge < -0.3 is 4.57 Å². The van der Waals surface area contributed by atoms with Crippen LogP contribution >= 0.6 is 0 Å². The number of aromatic nitrogens is 2. The Hall–Kier alpha value is -1.77. The summed E-state index contributed by atoms with van der Waals surface area (Å²) < 4.78 is 45.8. The summed E-state index contributed by atoms with van der Waals surface area (Å²) in [6, 6.07) is 5.24. The molecule has 1 atom stereocenters. The summed E-state index contributed by atoms with van der Waals surface area (Å²) in [5.41, 5.74) is 0.244. The Morgan fingerprint density at radius 2 is 1.88 bits per heavy atom. The van der Waals surface area contributed by atoms with Crippen molar-refractivity contribution in [3.8, 4) is 0 Å². The van der Waals surface area contributed by atoms with E-state index in [0.29, 0.717) is 31.8 Å². The molecule has 0 saturated carbocycles. The first-order valence-electron chi connectivity index (χ1n) is 8.39. The maximum Gasteiger partial charge on any atom is 0.280 e. The highest BCUT2D eigenvalue weighted by molar-refractivity contribution is 7.87. The minimum absolute atomic E-state index is 0.244. The molecule has 1 unspecified atom stereocenters. The van der Waals surface area contributed by atoms with E-state index in [-0.39, 0.29) is 5.56 Å². The number of nitrogens with one attached hydrogen (secondary N) is 1. The van der Waals surface area contributed by atoms with Crippen LogP contribution in [0.5, 0.6) is 0 Å². The standard InChI is InChI=1S/C17H25FN4O2S/c1-4-11-22(12-5-2)25(23,24)20-16(17-19-10-13-21(17)3)14-8-6-7-9-15(14)18/h6-10,13,16,20H,4-5,11-12H2,1-3H3. The summed E-state index contributed by atoms with van der Waals surface area (Å²) >= 11 is 0. The molecule has 138 valence electrons. The summed E-state index contributed by atoms with van der Waals surface area (Å²) in [4.78, 5) is 4.22. The van der Waals surface area contributed by atoms with Crippen molar-refractivity contribution in [3.63, 3.8) is 0 Å². The zero-order chi connectivity index (χ0) is 18.4. The molecule has 0 aliphatic heterocycles. The average molecular weight is 368 g/mol. The molecule has 25 heavy (non-hydrogen) atoms. The van der Waals surface area contributed by atoms with Crippen molar-refractivity contribution >= 4 is 10.2 Å². The monoisotopic (exact) mass is 368 g/mol. The molecule has 0 saturated heterocycles. The highest BCUT2D eigenvalue weighted by Crippen LogP contribution is 2.24. The summed E-state index contributed by atoms with van der Waals surface area (Å²) in [6.07, 6.45) is 4.67. The second kappa shape index (κ2) is 8.55. The van der Waals surface area contributed by atoms with Gasteiger partial charge in [0.2, 0.25) is 0 Å². The zero-order valence-electron chi connectivity index (χ0n) is 14.8. The number of aryl methyl sites for hydroxylation is 1. The lowest BCUT2D eigenvalue weighted by atomic mass is 10.1. The molecule has 1 aromatic heterocycles. The molecule has 8 heteroatoms. The van der Waals surface area contributed by atoms with Gasteiger partial charge in [0.25, 0.3) is 10.2 Å². The molecule has 0 bridgehead atoms. The normalized spacial score (nSPS) is 13.3. The Balaban J connectivity index is 2.43. The van der Waals surface area contributed by atoms with E-state index in [9.17, 15) is 12.8 Å². The lowest BCUT2D eigenvalue weighted by Crippen LogP contribution is -2.44. The van der Waals surface area contributed by atoms with Gasteiger partial charge in [-0.2, -0.15) is 17.4 Å². The Morgan fingerprint density at radius 1 is 1.24 bits per heavy atom. The number of halogens is 1. The highest BCUT2D eigenvalue weighted by Gasteiger charge is 2.29. The van der Waals surface area contributed by atoms with Gasteiger partial charge in [-0.1, -0.05) is 32.0 Å². The predicted octanol–water partition coefficient (Wildman–Crippen LogP) is 2.61. The van der Waals surface area contributed by atoms with E-state index in [2.05, 4.69) is 9.71 Å². The van der Waals surface area contributed by atoms with E-state index in [0.717, 1.165) is 0 Å². The van der Waals surface area contributed by atoms with Crippen LogP contribution in [-0.2, 0) is 17.3 Å². The molecule has 6 nitrogen and oxygen atoms in total. The van der Waals surface area contributed by atoms with Crippen molar-refractivity contribution in [2.45, 2.75) is 32.7 Å². The summed E-state index contributed by atoms with van der Waals surface area (Å²) in [7, 11) is -2.04. The van der Waals surface area contributed by atoms with Gasteiger partial charge in [-0.25, -0.2) is 9.37 Å². The number of nitrogens with zero attached hydrogens (tertiary/aromatic N) is 3. The van der Waals surface area contributed by atoms with Crippen molar-refractivity contribution < 1.29 is 12.8 Å². The van der Waals surface area contributed by atoms with Crippen LogP contribution in [0.15, 0.2) is 36.7 Å². The zero-order valence-corrected chi connectivity index (χ0v) is 15.6. The topological polar surface area (TPSA) is 67.2 Å². The predicted molar refractivity (Wildman–Crippen MR) is 95.7 cm³/mol. The van der Waals surface area contributed by atoms with Crippen LogP contribution in [0.4, 0.5) is 4.39 Å². The summed E-state index contributed by atoms with van der Waals surface area (Å²) in [5.74, 6) is -0.0441. The number of hydrogen-bond donors (Lipinski definition) is 1. The fourth-order valence-electron chi connectivity index (χ4n) is 2.69. The van der Waals surface area contributed by atoms with Crippen molar-refractivity contribution in [2.75, 3.05) is 13.1 Å². The molecule has 2 aromatic rings. The van der Waals surface area contributed by atoms with Crippen LogP contribution in [0.1, 0.15) is 44.1 Å². The Morgan fingerprint density at radius 3 is 2.40 bits per heavy atom. The fraction of sp³-hybridized carbons (Fsp3) is 0.471. The van der Waals surface area contributed by atoms with E-state index >= 15 is 0 Å². The molecule has 0 spiro atoms. The number of hydrogen-bond acceptors (Lipinski definition) is 3. The SMILES string of the molecule is CCCN(CCC)S(=O)(=O)NC(c1ccccc1F)c1nccn1C. The highest BCUT2D eigenvalue weighted by atomic mass is 32.2. The number of benzene rings is 1. The molecule has 2 rings (SSSR count). The molecule has 0 aliphatic rings. The Bertz CT molecular complexity index is 785. The smallest absolute Gasteiger partial charge is 0.280 e. The molecule has 1 heterocycles. The third-order valence-corrected chi connectivity index (χ3v) is 5.46. The molecule has 1 aromatic carbocycles. The minimum Gasteiger partial charge on any atom is -0.336 e. The second-order valence-electron chi connectivity index (χ2n) is 5.87. The Labute approximate surface area is 148 Å². The molecular formula is C17H25FN4O2S. The van der Waals surface area contributed by atoms with Crippen molar-refractivity contribution in [2.24, 2.45) is 7.05 Å². The van der Waals surface area contributed by atoms with Crippen LogP contribution in [0.2, 0.25) is 0 Å². The molecular weight excluding hydrogens is 343 g/mol. The van der Waals surface area contributed by atoms with E-state index in [4.69, 9.17) is 0 Å². The third-order valence-electron chi connectivity index (χ3n) is 3.89. The minimum atomic E-state index is -3.79. The quantitative estimate of drug-likeness (QED) is 0.740. The molecule has 1 N–H and O–H groups in total. The molecule has 0 fully saturated rings. The van der Waals surface area contributed by atoms with Crippen LogP contribution < -0.4 is 4.72 Å². The van der Waals surface area contributed by atoms with E-state index in [1.54, 1.807) is 42.2 Å². The largest absolute Gasteiger partial charge is 0.336 e. The van der Waals surface area contributed by atoms with E-state index < -0.39 is 22.1 Å². The van der Waals surface area contributed by atoms with Crippen LogP contribution in [0, 0.1) is 5.82 Å². The lowest BCUT2D eigenvalue weighted by Gasteiger charge is -2.26. The molecule has 0 aliphatic carbocycles. The van der Waals surface area contributed by atoms with Gasteiger partial charge in [-0.3, -0.25) is 0 Å². The first-order chi connectivity index (χ1) is 11.9. The van der Waals surface area contributed by atoms with Gasteiger partial charge >= 0.3 is 0 Å². The van der Waals surface area contributed by atoms with E-state index in [1.165, 1.54) is 10.4 Å². The van der Waals surface area contributed by atoms with Gasteiger partial charge in [0.15, 0.2) is 0 Å². The first-order valence-corrected chi connectivity index (χ1v) is 9.83. The number of imidazole rings is 1. The van der Waals surface area contributed by atoms with Gasteiger partial charge in [0.1, 0.15) is 17.7 Å². The summed E-state index contributed by atoms with van der Waals surface area (Å²) in [5, 5.41) is 0. The third kappa shape index (κ3) is 4.65. The fourth-order valence-corrected chi connectivity index (χ4v) is 4.22. The first kappa shape index (κ1) is 19.6. The van der Waals surface area contributed by atoms with Crippen LogP contribution in [0.3, 0.4) is 0 Å². The lowest BCUT2D eigenvalue weighted by molar-refractivity contribution is 0.396. The van der Waals surface area contributed by atoms with Crippen LogP contribution in [0.25, 0.3) is 0 Å². The second-order valence-corrected chi connectivity index (χ2v) is 7.58. The summed E-state index contributed by atoms with van der Waals surface area (Å²) in [6.45, 7) is 4.66. The number of rotatable bonds is 9. The van der Waals surface area contributed by atoms with Gasteiger partial charge in [0, 0.05) is 38.1 Å². The Kier molecular flexibility index (Phi) is 6.69. The van der Waals surface area contributed by atoms with E-state index in [1.807, 2.05) is 13.8 Å². The van der Waals surface area contributed by atoms with Crippen LogP contribution in [-0.4, -0.2) is 35.4 Å². The average Bonchev–Trinajstić information content (AvgIpc) is 2.99. The van der Waals surface area contributed by atoms with Gasteiger partial charge in [-0.15, -0.1) is 0 Å². The molecule has 0 radical (unpaired) electrons. The van der Waals surface area contributed by atoms with Crippen molar-refractivity contribution in [3.05, 3.63) is 53.9 Å². The van der Waals surface area contributed by atoms with Gasteiger partial charge in [0.05, 0.1) is 0 Å². The van der Waals surface area contributed by atoms with Crippen molar-refractivity contribution in [1.82, 2.24) is 18.6 Å². The maximum absolute atomic E-state index is 14.4.